The minimum Gasteiger partial charge on any atom is -0.507 e. The fourth-order valence-electron chi connectivity index (χ4n) is 4.53. The first-order chi connectivity index (χ1) is 15.1. The van der Waals surface area contributed by atoms with Crippen molar-refractivity contribution >= 4 is 0 Å². The van der Waals surface area contributed by atoms with E-state index in [-0.39, 0.29) is 5.60 Å². The molecule has 2 rings (SSSR count). The SMILES string of the molecule is CC(C)=CCC/C(C)=C/CC/C(C)=C/CCC1(C)CCc2c(CN)c(O)c(C)c(C)c2O1. The molecule has 0 saturated carbocycles. The van der Waals surface area contributed by atoms with E-state index in [1.807, 2.05) is 13.8 Å². The van der Waals surface area contributed by atoms with E-state index < -0.39 is 0 Å². The lowest BCUT2D eigenvalue weighted by atomic mass is 9.84. The number of aromatic hydroxyl groups is 1. The van der Waals surface area contributed by atoms with Gasteiger partial charge in [-0.2, -0.15) is 0 Å². The number of phenolic OH excluding ortho intramolecular Hbond substituents is 1. The molecule has 1 aliphatic heterocycles. The van der Waals surface area contributed by atoms with Crippen LogP contribution in [-0.2, 0) is 13.0 Å². The third-order valence-electron chi connectivity index (χ3n) is 6.93. The smallest absolute Gasteiger partial charge is 0.127 e. The van der Waals surface area contributed by atoms with Crippen molar-refractivity contribution in [1.29, 1.82) is 0 Å². The van der Waals surface area contributed by atoms with Crippen molar-refractivity contribution in [2.24, 2.45) is 5.73 Å². The fraction of sp³-hybridized carbons (Fsp3) is 0.586. The van der Waals surface area contributed by atoms with Gasteiger partial charge in [0.15, 0.2) is 0 Å². The standard InChI is InChI=1S/C29H45NO2/c1-20(2)11-8-12-21(3)13-9-14-22(4)15-10-17-29(7)18-16-25-26(19-30)27(31)23(5)24(6)28(25)32-29/h11,13,15,31H,8-10,12,14,16-19,30H2,1-7H3/b21-13+,22-15+. The molecular formula is C29H45NO2. The Morgan fingerprint density at radius 2 is 1.56 bits per heavy atom. The number of nitrogens with two attached hydrogens (primary N) is 1. The molecule has 0 fully saturated rings. The highest BCUT2D eigenvalue weighted by Crippen LogP contribution is 2.44. The molecule has 1 aromatic rings. The van der Waals surface area contributed by atoms with Gasteiger partial charge in [-0.1, -0.05) is 34.9 Å². The Morgan fingerprint density at radius 1 is 0.969 bits per heavy atom. The van der Waals surface area contributed by atoms with Crippen molar-refractivity contribution in [2.45, 2.75) is 112 Å². The lowest BCUT2D eigenvalue weighted by molar-refractivity contribution is 0.0557. The molecule has 1 atom stereocenters. The van der Waals surface area contributed by atoms with E-state index in [2.05, 4.69) is 52.8 Å². The Morgan fingerprint density at radius 3 is 2.16 bits per heavy atom. The zero-order valence-electron chi connectivity index (χ0n) is 21.5. The molecule has 0 aromatic heterocycles. The molecule has 0 bridgehead atoms. The molecule has 3 heteroatoms. The lowest BCUT2D eigenvalue weighted by Crippen LogP contribution is -2.37. The Bertz CT molecular complexity index is 887. The first-order valence-electron chi connectivity index (χ1n) is 12.3. The van der Waals surface area contributed by atoms with Gasteiger partial charge in [0.1, 0.15) is 17.1 Å². The second kappa shape index (κ2) is 11.7. The second-order valence-electron chi connectivity index (χ2n) is 10.1. The van der Waals surface area contributed by atoms with Gasteiger partial charge in [0.25, 0.3) is 0 Å². The third kappa shape index (κ3) is 7.00. The summed E-state index contributed by atoms with van der Waals surface area (Å²) < 4.78 is 6.57. The first-order valence-corrected chi connectivity index (χ1v) is 12.3. The molecule has 1 aromatic carbocycles. The maximum absolute atomic E-state index is 10.5. The summed E-state index contributed by atoms with van der Waals surface area (Å²) >= 11 is 0. The average molecular weight is 440 g/mol. The molecule has 0 spiro atoms. The normalized spacial score (nSPS) is 18.9. The minimum atomic E-state index is -0.175. The highest BCUT2D eigenvalue weighted by molar-refractivity contribution is 5.58. The lowest BCUT2D eigenvalue weighted by Gasteiger charge is -2.38. The number of allylic oxidation sites excluding steroid dienone is 6. The summed E-state index contributed by atoms with van der Waals surface area (Å²) in [7, 11) is 0. The van der Waals surface area contributed by atoms with Crippen LogP contribution in [0.2, 0.25) is 0 Å². The number of ether oxygens (including phenoxy) is 1. The first kappa shape index (κ1) is 26.3. The Kier molecular flexibility index (Phi) is 9.64. The summed E-state index contributed by atoms with van der Waals surface area (Å²) in [4.78, 5) is 0. The largest absolute Gasteiger partial charge is 0.507 e. The van der Waals surface area contributed by atoms with Gasteiger partial charge >= 0.3 is 0 Å². The fourth-order valence-corrected chi connectivity index (χ4v) is 4.53. The van der Waals surface area contributed by atoms with Gasteiger partial charge in [-0.25, -0.2) is 0 Å². The number of hydrogen-bond donors (Lipinski definition) is 2. The van der Waals surface area contributed by atoms with Crippen molar-refractivity contribution in [1.82, 2.24) is 0 Å². The van der Waals surface area contributed by atoms with Gasteiger partial charge in [0.05, 0.1) is 0 Å². The monoisotopic (exact) mass is 439 g/mol. The van der Waals surface area contributed by atoms with E-state index in [1.165, 1.54) is 16.7 Å². The quantitative estimate of drug-likeness (QED) is 0.366. The van der Waals surface area contributed by atoms with Gasteiger partial charge in [0, 0.05) is 17.7 Å². The van der Waals surface area contributed by atoms with Gasteiger partial charge in [0.2, 0.25) is 0 Å². The van der Waals surface area contributed by atoms with Crippen LogP contribution in [-0.4, -0.2) is 10.7 Å². The Labute approximate surface area is 196 Å². The molecule has 1 heterocycles. The summed E-state index contributed by atoms with van der Waals surface area (Å²) in [6.07, 6.45) is 15.5. The summed E-state index contributed by atoms with van der Waals surface area (Å²) in [5.41, 5.74) is 14.0. The van der Waals surface area contributed by atoms with Crippen LogP contribution >= 0.6 is 0 Å². The van der Waals surface area contributed by atoms with E-state index in [0.29, 0.717) is 12.3 Å². The van der Waals surface area contributed by atoms with Gasteiger partial charge in [-0.05, 0) is 111 Å². The third-order valence-corrected chi connectivity index (χ3v) is 6.93. The van der Waals surface area contributed by atoms with Crippen LogP contribution in [0.25, 0.3) is 0 Å². The summed E-state index contributed by atoms with van der Waals surface area (Å²) in [5, 5.41) is 10.5. The molecule has 178 valence electrons. The maximum atomic E-state index is 10.5. The van der Waals surface area contributed by atoms with Crippen LogP contribution in [0.15, 0.2) is 34.9 Å². The van der Waals surface area contributed by atoms with Gasteiger partial charge in [-0.3, -0.25) is 0 Å². The molecule has 32 heavy (non-hydrogen) atoms. The Balaban J connectivity index is 1.91. The molecular weight excluding hydrogens is 394 g/mol. The number of phenols is 1. The highest BCUT2D eigenvalue weighted by atomic mass is 16.5. The second-order valence-corrected chi connectivity index (χ2v) is 10.1. The van der Waals surface area contributed by atoms with Crippen molar-refractivity contribution < 1.29 is 9.84 Å². The van der Waals surface area contributed by atoms with Crippen LogP contribution in [0.3, 0.4) is 0 Å². The summed E-state index contributed by atoms with van der Waals surface area (Å²) in [6, 6.07) is 0. The molecule has 1 aliphatic rings. The Hall–Kier alpha value is -2.00. The van der Waals surface area contributed by atoms with Crippen LogP contribution < -0.4 is 10.5 Å². The molecule has 0 amide bonds. The van der Waals surface area contributed by atoms with E-state index >= 15 is 0 Å². The van der Waals surface area contributed by atoms with Gasteiger partial charge in [-0.15, -0.1) is 0 Å². The molecule has 0 radical (unpaired) electrons. The van der Waals surface area contributed by atoms with Crippen LogP contribution in [0.4, 0.5) is 0 Å². The van der Waals surface area contributed by atoms with Crippen LogP contribution in [0, 0.1) is 13.8 Å². The zero-order chi connectivity index (χ0) is 23.9. The van der Waals surface area contributed by atoms with Gasteiger partial charge < -0.3 is 15.6 Å². The predicted molar refractivity (Wildman–Crippen MR) is 137 cm³/mol. The highest BCUT2D eigenvalue weighted by Gasteiger charge is 2.34. The van der Waals surface area contributed by atoms with Crippen molar-refractivity contribution in [3.63, 3.8) is 0 Å². The number of rotatable bonds is 10. The minimum absolute atomic E-state index is 0.175. The number of benzene rings is 1. The summed E-state index contributed by atoms with van der Waals surface area (Å²) in [5.74, 6) is 1.29. The van der Waals surface area contributed by atoms with Crippen LogP contribution in [0.1, 0.15) is 102 Å². The van der Waals surface area contributed by atoms with E-state index in [4.69, 9.17) is 10.5 Å². The molecule has 3 nitrogen and oxygen atoms in total. The predicted octanol–water partition coefficient (Wildman–Crippen LogP) is 7.75. The zero-order valence-corrected chi connectivity index (χ0v) is 21.5. The molecule has 3 N–H and O–H groups in total. The summed E-state index contributed by atoms with van der Waals surface area (Å²) in [6.45, 7) is 15.4. The number of hydrogen-bond acceptors (Lipinski definition) is 3. The van der Waals surface area contributed by atoms with Crippen molar-refractivity contribution in [2.75, 3.05) is 0 Å². The molecule has 1 unspecified atom stereocenters. The molecule has 0 saturated heterocycles. The van der Waals surface area contributed by atoms with E-state index in [0.717, 1.165) is 79.4 Å². The van der Waals surface area contributed by atoms with Crippen LogP contribution in [0.5, 0.6) is 11.5 Å². The van der Waals surface area contributed by atoms with Crippen molar-refractivity contribution in [3.8, 4) is 11.5 Å². The maximum Gasteiger partial charge on any atom is 0.127 e. The van der Waals surface area contributed by atoms with Crippen molar-refractivity contribution in [3.05, 3.63) is 57.2 Å². The topological polar surface area (TPSA) is 55.5 Å². The van der Waals surface area contributed by atoms with E-state index in [9.17, 15) is 5.11 Å². The van der Waals surface area contributed by atoms with E-state index in [1.54, 1.807) is 0 Å². The number of fused-ring (bicyclic) bond motifs is 1. The molecule has 0 aliphatic carbocycles. The average Bonchev–Trinajstić information content (AvgIpc) is 2.73.